The van der Waals surface area contributed by atoms with Crippen molar-refractivity contribution in [3.05, 3.63) is 50.0 Å². The smallest absolute Gasteiger partial charge is 0.141 e. The number of halogens is 2. The van der Waals surface area contributed by atoms with Gasteiger partial charge < -0.3 is 10.2 Å². The topological polar surface area (TPSA) is 52.8 Å². The number of benzene rings is 2. The van der Waals surface area contributed by atoms with Crippen LogP contribution in [0.5, 0.6) is 11.5 Å². The average molecular weight is 418 g/mol. The fourth-order valence-electron chi connectivity index (χ4n) is 1.40. The molecule has 0 radical (unpaired) electrons. The minimum absolute atomic E-state index is 0.109. The van der Waals surface area contributed by atoms with Gasteiger partial charge in [0, 0.05) is 16.3 Å². The van der Waals surface area contributed by atoms with Gasteiger partial charge in [-0.2, -0.15) is 0 Å². The first-order chi connectivity index (χ1) is 8.58. The van der Waals surface area contributed by atoms with Crippen LogP contribution in [0, 0.1) is 3.57 Å². The minimum atomic E-state index is 0.109. The van der Waals surface area contributed by atoms with Crippen molar-refractivity contribution in [2.75, 3.05) is 0 Å². The molecule has 0 heterocycles. The Morgan fingerprint density at radius 2 is 1.89 bits per heavy atom. The zero-order valence-corrected chi connectivity index (χ0v) is 12.9. The predicted octanol–water partition coefficient (Wildman–Crippen LogP) is 4.22. The molecule has 2 rings (SSSR count). The Balaban J connectivity index is 2.38. The van der Waals surface area contributed by atoms with Gasteiger partial charge in [-0.05, 0) is 46.9 Å². The first-order valence-electron chi connectivity index (χ1n) is 5.08. The van der Waals surface area contributed by atoms with Crippen molar-refractivity contribution in [3.63, 3.8) is 0 Å². The molecule has 0 spiro atoms. The lowest BCUT2D eigenvalue weighted by molar-refractivity contribution is 0.470. The summed E-state index contributed by atoms with van der Waals surface area (Å²) in [6.07, 6.45) is 1.53. The third-order valence-electron chi connectivity index (χ3n) is 2.28. The van der Waals surface area contributed by atoms with E-state index >= 15 is 0 Å². The molecule has 2 aromatic rings. The molecule has 0 unspecified atom stereocenters. The van der Waals surface area contributed by atoms with Crippen molar-refractivity contribution in [2.45, 2.75) is 0 Å². The number of aliphatic imine (C=N–C) groups is 1. The first-order valence-corrected chi connectivity index (χ1v) is 6.95. The van der Waals surface area contributed by atoms with E-state index in [-0.39, 0.29) is 11.5 Å². The monoisotopic (exact) mass is 417 g/mol. The molecule has 0 saturated heterocycles. The van der Waals surface area contributed by atoms with E-state index in [1.165, 1.54) is 6.21 Å². The maximum absolute atomic E-state index is 9.89. The van der Waals surface area contributed by atoms with Gasteiger partial charge in [-0.25, -0.2) is 0 Å². The third-order valence-corrected chi connectivity index (χ3v) is 3.56. The first kappa shape index (κ1) is 13.4. The largest absolute Gasteiger partial charge is 0.506 e. The number of phenolic OH excluding ortho intramolecular Hbond substituents is 2. The highest BCUT2D eigenvalue weighted by Crippen LogP contribution is 2.29. The summed E-state index contributed by atoms with van der Waals surface area (Å²) in [5, 5.41) is 19.5. The molecule has 3 nitrogen and oxygen atoms in total. The third kappa shape index (κ3) is 3.02. The maximum atomic E-state index is 9.89. The number of nitrogens with zero attached hydrogens (tertiary/aromatic N) is 1. The van der Waals surface area contributed by atoms with Crippen molar-refractivity contribution in [1.29, 1.82) is 0 Å². The quantitative estimate of drug-likeness (QED) is 0.567. The van der Waals surface area contributed by atoms with E-state index in [2.05, 4.69) is 20.9 Å². The Morgan fingerprint density at radius 3 is 2.61 bits per heavy atom. The lowest BCUT2D eigenvalue weighted by atomic mass is 10.2. The normalized spacial score (nSPS) is 11.0. The number of rotatable bonds is 2. The van der Waals surface area contributed by atoms with Crippen LogP contribution in [0.1, 0.15) is 5.56 Å². The molecule has 0 aliphatic rings. The highest BCUT2D eigenvalue weighted by Gasteiger charge is 2.05. The SMILES string of the molecule is Oc1ccccc1N=Cc1cc(Br)cc(I)c1O. The summed E-state index contributed by atoms with van der Waals surface area (Å²) in [5.74, 6) is 0.288. The molecular formula is C13H9BrINO2. The molecule has 0 aromatic heterocycles. The lowest BCUT2D eigenvalue weighted by Crippen LogP contribution is -1.86. The number of hydrogen-bond acceptors (Lipinski definition) is 3. The Labute approximate surface area is 126 Å². The molecule has 0 saturated carbocycles. The molecule has 0 fully saturated rings. The van der Waals surface area contributed by atoms with Crippen molar-refractivity contribution in [2.24, 2.45) is 4.99 Å². The van der Waals surface area contributed by atoms with Gasteiger partial charge >= 0.3 is 0 Å². The highest BCUT2D eigenvalue weighted by atomic mass is 127. The molecule has 0 amide bonds. The van der Waals surface area contributed by atoms with Crippen LogP contribution >= 0.6 is 38.5 Å². The number of hydrogen-bond donors (Lipinski definition) is 2. The minimum Gasteiger partial charge on any atom is -0.506 e. The van der Waals surface area contributed by atoms with Crippen molar-refractivity contribution in [1.82, 2.24) is 0 Å². The fraction of sp³-hybridized carbons (Fsp3) is 0. The van der Waals surface area contributed by atoms with Gasteiger partial charge in [-0.3, -0.25) is 4.99 Å². The molecular weight excluding hydrogens is 409 g/mol. The van der Waals surface area contributed by atoms with Crippen molar-refractivity contribution in [3.8, 4) is 11.5 Å². The van der Waals surface area contributed by atoms with Crippen LogP contribution in [0.3, 0.4) is 0 Å². The van der Waals surface area contributed by atoms with Gasteiger partial charge in [-0.1, -0.05) is 28.1 Å². The van der Waals surface area contributed by atoms with Crippen LogP contribution in [-0.2, 0) is 0 Å². The molecule has 0 atom stereocenters. The van der Waals surface area contributed by atoms with E-state index in [0.717, 1.165) is 8.04 Å². The molecule has 2 aromatic carbocycles. The van der Waals surface area contributed by atoms with Gasteiger partial charge in [0.1, 0.15) is 17.2 Å². The van der Waals surface area contributed by atoms with E-state index in [4.69, 9.17) is 0 Å². The van der Waals surface area contributed by atoms with Crippen LogP contribution in [-0.4, -0.2) is 16.4 Å². The van der Waals surface area contributed by atoms with E-state index in [9.17, 15) is 10.2 Å². The summed E-state index contributed by atoms with van der Waals surface area (Å²) in [4.78, 5) is 4.16. The summed E-state index contributed by atoms with van der Waals surface area (Å²) in [6.45, 7) is 0. The van der Waals surface area contributed by atoms with Crippen LogP contribution in [0.25, 0.3) is 0 Å². The highest BCUT2D eigenvalue weighted by molar-refractivity contribution is 14.1. The van der Waals surface area contributed by atoms with Gasteiger partial charge in [0.15, 0.2) is 0 Å². The van der Waals surface area contributed by atoms with Gasteiger partial charge in [0.05, 0.1) is 3.57 Å². The summed E-state index contributed by atoms with van der Waals surface area (Å²) >= 11 is 5.41. The standard InChI is InChI=1S/C13H9BrINO2/c14-9-5-8(13(18)10(15)6-9)7-16-11-3-1-2-4-12(11)17/h1-7,17-18H. The zero-order valence-electron chi connectivity index (χ0n) is 9.14. The summed E-state index contributed by atoms with van der Waals surface area (Å²) < 4.78 is 1.60. The van der Waals surface area contributed by atoms with E-state index in [1.54, 1.807) is 30.3 Å². The zero-order chi connectivity index (χ0) is 13.1. The van der Waals surface area contributed by atoms with Crippen LogP contribution in [0.2, 0.25) is 0 Å². The molecule has 92 valence electrons. The van der Waals surface area contributed by atoms with Gasteiger partial charge in [0.25, 0.3) is 0 Å². The number of aromatic hydroxyl groups is 2. The van der Waals surface area contributed by atoms with E-state index in [0.29, 0.717) is 11.3 Å². The molecule has 0 bridgehead atoms. The van der Waals surface area contributed by atoms with Crippen LogP contribution in [0.15, 0.2) is 45.9 Å². The molecule has 18 heavy (non-hydrogen) atoms. The Bertz CT molecular complexity index is 614. The summed E-state index contributed by atoms with van der Waals surface area (Å²) in [6, 6.07) is 10.4. The Hall–Kier alpha value is -1.08. The second kappa shape index (κ2) is 5.71. The van der Waals surface area contributed by atoms with E-state index < -0.39 is 0 Å². The van der Waals surface area contributed by atoms with Crippen LogP contribution < -0.4 is 0 Å². The summed E-state index contributed by atoms with van der Waals surface area (Å²) in [5.41, 5.74) is 1.06. The Kier molecular flexibility index (Phi) is 4.23. The second-order valence-corrected chi connectivity index (χ2v) is 5.65. The second-order valence-electron chi connectivity index (χ2n) is 3.57. The number of phenols is 2. The molecule has 0 aliphatic heterocycles. The fourth-order valence-corrected chi connectivity index (χ4v) is 2.95. The average Bonchev–Trinajstić information content (AvgIpc) is 2.33. The number of para-hydroxylation sites is 2. The summed E-state index contributed by atoms with van der Waals surface area (Å²) in [7, 11) is 0. The van der Waals surface area contributed by atoms with E-state index in [1.807, 2.05) is 28.7 Å². The predicted molar refractivity (Wildman–Crippen MR) is 83.9 cm³/mol. The maximum Gasteiger partial charge on any atom is 0.141 e. The lowest BCUT2D eigenvalue weighted by Gasteiger charge is -2.03. The van der Waals surface area contributed by atoms with Gasteiger partial charge in [-0.15, -0.1) is 0 Å². The molecule has 5 heteroatoms. The molecule has 0 aliphatic carbocycles. The van der Waals surface area contributed by atoms with Gasteiger partial charge in [0.2, 0.25) is 0 Å². The van der Waals surface area contributed by atoms with Crippen LogP contribution in [0.4, 0.5) is 5.69 Å². The molecule has 2 N–H and O–H groups in total. The Morgan fingerprint density at radius 1 is 1.17 bits per heavy atom. The van der Waals surface area contributed by atoms with Crippen molar-refractivity contribution < 1.29 is 10.2 Å². The van der Waals surface area contributed by atoms with Crippen molar-refractivity contribution >= 4 is 50.4 Å².